The smallest absolute Gasteiger partial charge is 0.135 e. The van der Waals surface area contributed by atoms with Gasteiger partial charge in [-0.15, -0.1) is 0 Å². The third-order valence-electron chi connectivity index (χ3n) is 2.34. The highest BCUT2D eigenvalue weighted by atomic mass is 79.9. The van der Waals surface area contributed by atoms with E-state index in [1.165, 1.54) is 6.33 Å². The third-order valence-corrected chi connectivity index (χ3v) is 3.61. The van der Waals surface area contributed by atoms with E-state index in [4.69, 9.17) is 4.74 Å². The normalized spacial score (nSPS) is 10.2. The number of nitrogens with zero attached hydrogens (tertiary/aromatic N) is 2. The van der Waals surface area contributed by atoms with Crippen LogP contribution in [0.15, 0.2) is 39.8 Å². The molecule has 0 unspecified atom stereocenters. The molecule has 0 aliphatic carbocycles. The molecule has 0 aliphatic heterocycles. The van der Waals surface area contributed by atoms with Gasteiger partial charge in [0.05, 0.1) is 17.3 Å². The molecule has 94 valence electrons. The van der Waals surface area contributed by atoms with Gasteiger partial charge in [-0.3, -0.25) is 0 Å². The molecular formula is C12H11Br2N3O. The summed E-state index contributed by atoms with van der Waals surface area (Å²) in [6.07, 6.45) is 5.08. The van der Waals surface area contributed by atoms with Gasteiger partial charge >= 0.3 is 0 Å². The van der Waals surface area contributed by atoms with Crippen LogP contribution in [-0.2, 0) is 6.54 Å². The molecule has 0 spiro atoms. The zero-order valence-corrected chi connectivity index (χ0v) is 12.8. The standard InChI is InChI=1S/C12H11Br2N3O/c1-18-12-3-11(9(13)2-10(12)14)17-6-8-4-15-7-16-5-8/h2-5,7,17H,6H2,1H3. The van der Waals surface area contributed by atoms with Crippen molar-refractivity contribution in [1.82, 2.24) is 9.97 Å². The number of rotatable bonds is 4. The number of anilines is 1. The van der Waals surface area contributed by atoms with Crippen LogP contribution in [0, 0.1) is 0 Å². The number of nitrogens with one attached hydrogen (secondary N) is 1. The Morgan fingerprint density at radius 2 is 1.89 bits per heavy atom. The first kappa shape index (κ1) is 13.3. The fourth-order valence-corrected chi connectivity index (χ4v) is 2.74. The minimum Gasteiger partial charge on any atom is -0.495 e. The zero-order valence-electron chi connectivity index (χ0n) is 9.65. The van der Waals surface area contributed by atoms with Crippen LogP contribution in [0.2, 0.25) is 0 Å². The Kier molecular flexibility index (Phi) is 4.54. The molecular weight excluding hydrogens is 362 g/mol. The van der Waals surface area contributed by atoms with E-state index in [9.17, 15) is 0 Å². The lowest BCUT2D eigenvalue weighted by Gasteiger charge is -2.11. The molecule has 6 heteroatoms. The van der Waals surface area contributed by atoms with Crippen molar-refractivity contribution in [3.05, 3.63) is 45.4 Å². The second-order valence-corrected chi connectivity index (χ2v) is 5.28. The summed E-state index contributed by atoms with van der Waals surface area (Å²) in [5.41, 5.74) is 1.98. The monoisotopic (exact) mass is 371 g/mol. The lowest BCUT2D eigenvalue weighted by atomic mass is 10.2. The van der Waals surface area contributed by atoms with Crippen LogP contribution in [-0.4, -0.2) is 17.1 Å². The molecule has 1 heterocycles. The number of hydrogen-bond acceptors (Lipinski definition) is 4. The van der Waals surface area contributed by atoms with E-state index < -0.39 is 0 Å². The predicted octanol–water partition coefficient (Wildman–Crippen LogP) is 3.62. The van der Waals surface area contributed by atoms with Crippen molar-refractivity contribution in [2.75, 3.05) is 12.4 Å². The van der Waals surface area contributed by atoms with Crippen molar-refractivity contribution < 1.29 is 4.74 Å². The van der Waals surface area contributed by atoms with Gasteiger partial charge in [0.2, 0.25) is 0 Å². The Morgan fingerprint density at radius 1 is 1.17 bits per heavy atom. The van der Waals surface area contributed by atoms with Gasteiger partial charge in [0.15, 0.2) is 0 Å². The molecule has 0 saturated carbocycles. The molecule has 18 heavy (non-hydrogen) atoms. The van der Waals surface area contributed by atoms with E-state index in [-0.39, 0.29) is 0 Å². The fraction of sp³-hybridized carbons (Fsp3) is 0.167. The third kappa shape index (κ3) is 3.20. The molecule has 4 nitrogen and oxygen atoms in total. The second-order valence-electron chi connectivity index (χ2n) is 3.57. The summed E-state index contributed by atoms with van der Waals surface area (Å²) in [6, 6.07) is 3.88. The zero-order chi connectivity index (χ0) is 13.0. The number of benzene rings is 1. The van der Waals surface area contributed by atoms with Crippen molar-refractivity contribution in [3.8, 4) is 5.75 Å². The highest BCUT2D eigenvalue weighted by Gasteiger charge is 2.06. The molecule has 0 amide bonds. The maximum Gasteiger partial charge on any atom is 0.135 e. The van der Waals surface area contributed by atoms with E-state index in [2.05, 4.69) is 47.1 Å². The number of aromatic nitrogens is 2. The van der Waals surface area contributed by atoms with E-state index in [0.29, 0.717) is 6.54 Å². The Bertz CT molecular complexity index is 534. The van der Waals surface area contributed by atoms with Crippen LogP contribution in [0.5, 0.6) is 5.75 Å². The Hall–Kier alpha value is -1.14. The van der Waals surface area contributed by atoms with Gasteiger partial charge in [0, 0.05) is 35.0 Å². The maximum atomic E-state index is 5.26. The van der Waals surface area contributed by atoms with Crippen molar-refractivity contribution in [2.45, 2.75) is 6.54 Å². The summed E-state index contributed by atoms with van der Waals surface area (Å²) < 4.78 is 7.13. The molecule has 2 rings (SSSR count). The van der Waals surface area contributed by atoms with Crippen molar-refractivity contribution in [1.29, 1.82) is 0 Å². The van der Waals surface area contributed by atoms with Gasteiger partial charge in [0.1, 0.15) is 12.1 Å². The minimum atomic E-state index is 0.657. The first-order valence-electron chi connectivity index (χ1n) is 5.21. The van der Waals surface area contributed by atoms with E-state index in [1.807, 2.05) is 12.1 Å². The lowest BCUT2D eigenvalue weighted by molar-refractivity contribution is 0.412. The minimum absolute atomic E-state index is 0.657. The van der Waals surface area contributed by atoms with E-state index in [0.717, 1.165) is 25.9 Å². The number of halogens is 2. The van der Waals surface area contributed by atoms with Gasteiger partial charge in [-0.2, -0.15) is 0 Å². The summed E-state index contributed by atoms with van der Waals surface area (Å²) >= 11 is 6.94. The average Bonchev–Trinajstić information content (AvgIpc) is 2.39. The molecule has 1 N–H and O–H groups in total. The van der Waals surface area contributed by atoms with Gasteiger partial charge < -0.3 is 10.1 Å². The predicted molar refractivity (Wildman–Crippen MR) is 77.8 cm³/mol. The molecule has 1 aromatic heterocycles. The average molecular weight is 373 g/mol. The molecule has 0 fully saturated rings. The van der Waals surface area contributed by atoms with Gasteiger partial charge in [-0.05, 0) is 37.9 Å². The summed E-state index contributed by atoms with van der Waals surface area (Å²) in [7, 11) is 1.64. The topological polar surface area (TPSA) is 47.0 Å². The highest BCUT2D eigenvalue weighted by molar-refractivity contribution is 9.11. The largest absolute Gasteiger partial charge is 0.495 e. The first-order valence-corrected chi connectivity index (χ1v) is 6.80. The molecule has 0 atom stereocenters. The Balaban J connectivity index is 2.14. The molecule has 2 aromatic rings. The summed E-state index contributed by atoms with van der Waals surface area (Å²) in [6.45, 7) is 0.657. The lowest BCUT2D eigenvalue weighted by Crippen LogP contribution is -2.01. The Morgan fingerprint density at radius 3 is 2.56 bits per heavy atom. The van der Waals surface area contributed by atoms with Crippen molar-refractivity contribution >= 4 is 37.5 Å². The van der Waals surface area contributed by atoms with Crippen molar-refractivity contribution in [3.63, 3.8) is 0 Å². The van der Waals surface area contributed by atoms with Crippen LogP contribution in [0.1, 0.15) is 5.56 Å². The summed E-state index contributed by atoms with van der Waals surface area (Å²) in [5, 5.41) is 3.30. The SMILES string of the molecule is COc1cc(NCc2cncnc2)c(Br)cc1Br. The van der Waals surface area contributed by atoms with Crippen LogP contribution in [0.25, 0.3) is 0 Å². The first-order chi connectivity index (χ1) is 8.70. The molecule has 0 radical (unpaired) electrons. The molecule has 0 aliphatic rings. The molecule has 0 bridgehead atoms. The number of ether oxygens (including phenoxy) is 1. The van der Waals surface area contributed by atoms with Crippen LogP contribution < -0.4 is 10.1 Å². The van der Waals surface area contributed by atoms with Crippen LogP contribution >= 0.6 is 31.9 Å². The van der Waals surface area contributed by atoms with Gasteiger partial charge in [0.25, 0.3) is 0 Å². The number of hydrogen-bond donors (Lipinski definition) is 1. The maximum absolute atomic E-state index is 5.26. The van der Waals surface area contributed by atoms with E-state index >= 15 is 0 Å². The van der Waals surface area contributed by atoms with Crippen LogP contribution in [0.4, 0.5) is 5.69 Å². The van der Waals surface area contributed by atoms with Gasteiger partial charge in [-0.25, -0.2) is 9.97 Å². The van der Waals surface area contributed by atoms with Crippen LogP contribution in [0.3, 0.4) is 0 Å². The molecule has 0 saturated heterocycles. The fourth-order valence-electron chi connectivity index (χ4n) is 1.44. The van der Waals surface area contributed by atoms with Crippen molar-refractivity contribution in [2.24, 2.45) is 0 Å². The second kappa shape index (κ2) is 6.15. The highest BCUT2D eigenvalue weighted by Crippen LogP contribution is 2.34. The number of methoxy groups -OCH3 is 1. The summed E-state index contributed by atoms with van der Waals surface area (Å²) in [5.74, 6) is 0.782. The Labute approximate surface area is 122 Å². The summed E-state index contributed by atoms with van der Waals surface area (Å²) in [4.78, 5) is 7.94. The van der Waals surface area contributed by atoms with Gasteiger partial charge in [-0.1, -0.05) is 0 Å². The quantitative estimate of drug-likeness (QED) is 0.890. The van der Waals surface area contributed by atoms with E-state index in [1.54, 1.807) is 19.5 Å². The molecule has 1 aromatic carbocycles.